The number of halogens is 3. The zero-order valence-corrected chi connectivity index (χ0v) is 17.5. The van der Waals surface area contributed by atoms with Gasteiger partial charge in [0.15, 0.2) is 5.69 Å². The monoisotopic (exact) mass is 464 g/mol. The molecular weight excluding hydrogens is 445 g/mol. The molecule has 1 N–H and O–H groups in total. The van der Waals surface area contributed by atoms with Crippen molar-refractivity contribution in [2.45, 2.75) is 19.1 Å². The summed E-state index contributed by atoms with van der Waals surface area (Å²) < 4.78 is 64.5. The van der Waals surface area contributed by atoms with Gasteiger partial charge in [-0.3, -0.25) is 9.10 Å². The summed E-state index contributed by atoms with van der Waals surface area (Å²) in [6.07, 6.45) is -2.69. The zero-order chi connectivity index (χ0) is 22.9. The van der Waals surface area contributed by atoms with Crippen molar-refractivity contribution < 1.29 is 26.4 Å². The lowest BCUT2D eigenvalue weighted by Gasteiger charge is -2.17. The Hall–Kier alpha value is -3.34. The van der Waals surface area contributed by atoms with E-state index in [4.69, 9.17) is 0 Å². The molecule has 2 aromatic carbocycles. The van der Waals surface area contributed by atoms with Gasteiger partial charge in [-0.1, -0.05) is 12.1 Å². The molecule has 1 fully saturated rings. The number of nitrogens with zero attached hydrogens (tertiary/aromatic N) is 3. The Kier molecular flexibility index (Phi) is 5.68. The molecule has 4 rings (SSSR count). The number of anilines is 1. The third kappa shape index (κ3) is 4.62. The molecule has 0 bridgehead atoms. The second kappa shape index (κ2) is 8.30. The van der Waals surface area contributed by atoms with Gasteiger partial charge in [0.1, 0.15) is 0 Å². The van der Waals surface area contributed by atoms with Crippen LogP contribution in [0.2, 0.25) is 0 Å². The predicted molar refractivity (Wildman–Crippen MR) is 112 cm³/mol. The molecule has 1 aliphatic heterocycles. The first-order chi connectivity index (χ1) is 15.1. The summed E-state index contributed by atoms with van der Waals surface area (Å²) in [5.41, 5.74) is 1.16. The first kappa shape index (κ1) is 21.9. The van der Waals surface area contributed by atoms with Crippen LogP contribution >= 0.6 is 0 Å². The maximum atomic E-state index is 12.7. The fraction of sp³-hybridized carbons (Fsp3) is 0.238. The lowest BCUT2D eigenvalue weighted by Crippen LogP contribution is -2.25. The smallest absolute Gasteiger partial charge is 0.348 e. The number of benzene rings is 2. The van der Waals surface area contributed by atoms with E-state index < -0.39 is 21.9 Å². The SMILES string of the molecule is O=C(NCc1ccc(-n2ccc(C(F)(F)F)n2)cc1)c1ccc(N2CCCS2(=O)=O)cc1. The fourth-order valence-corrected chi connectivity index (χ4v) is 4.94. The van der Waals surface area contributed by atoms with Crippen LogP contribution < -0.4 is 9.62 Å². The molecule has 0 unspecified atom stereocenters. The second-order valence-electron chi connectivity index (χ2n) is 7.28. The van der Waals surface area contributed by atoms with E-state index in [2.05, 4.69) is 10.4 Å². The summed E-state index contributed by atoms with van der Waals surface area (Å²) >= 11 is 0. The van der Waals surface area contributed by atoms with E-state index in [1.807, 2.05) is 0 Å². The lowest BCUT2D eigenvalue weighted by atomic mass is 10.1. The molecule has 1 saturated heterocycles. The quantitative estimate of drug-likeness (QED) is 0.628. The minimum Gasteiger partial charge on any atom is -0.348 e. The van der Waals surface area contributed by atoms with Crippen LogP contribution in [-0.4, -0.2) is 36.4 Å². The Morgan fingerprint density at radius 2 is 1.66 bits per heavy atom. The van der Waals surface area contributed by atoms with Crippen LogP contribution in [0.1, 0.15) is 28.0 Å². The van der Waals surface area contributed by atoms with Crippen molar-refractivity contribution in [1.82, 2.24) is 15.1 Å². The topological polar surface area (TPSA) is 84.3 Å². The van der Waals surface area contributed by atoms with Gasteiger partial charge in [-0.25, -0.2) is 13.1 Å². The summed E-state index contributed by atoms with van der Waals surface area (Å²) in [6.45, 7) is 0.647. The standard InChI is InChI=1S/C21H19F3N4O3S/c22-21(23,24)19-10-12-27(26-19)17-6-2-15(3-7-17)14-25-20(29)16-4-8-18(9-5-16)28-11-1-13-32(28,30)31/h2-10,12H,1,11,13-14H2,(H,25,29). The van der Waals surface area contributed by atoms with Crippen molar-refractivity contribution in [2.75, 3.05) is 16.6 Å². The van der Waals surface area contributed by atoms with E-state index in [1.165, 1.54) is 10.5 Å². The maximum Gasteiger partial charge on any atom is 0.435 e. The molecular formula is C21H19F3N4O3S. The largest absolute Gasteiger partial charge is 0.435 e. The third-order valence-electron chi connectivity index (χ3n) is 5.05. The number of alkyl halides is 3. The highest BCUT2D eigenvalue weighted by molar-refractivity contribution is 7.93. The molecule has 1 aromatic heterocycles. The zero-order valence-electron chi connectivity index (χ0n) is 16.7. The van der Waals surface area contributed by atoms with Crippen LogP contribution in [0.4, 0.5) is 18.9 Å². The van der Waals surface area contributed by atoms with E-state index >= 15 is 0 Å². The number of hydrogen-bond donors (Lipinski definition) is 1. The van der Waals surface area contributed by atoms with E-state index in [0.717, 1.165) is 16.3 Å². The van der Waals surface area contributed by atoms with E-state index in [-0.39, 0.29) is 18.2 Å². The molecule has 0 saturated carbocycles. The molecule has 2 heterocycles. The molecule has 168 valence electrons. The average Bonchev–Trinajstić information content (AvgIpc) is 3.39. The van der Waals surface area contributed by atoms with Gasteiger partial charge in [-0.2, -0.15) is 18.3 Å². The van der Waals surface area contributed by atoms with Gasteiger partial charge in [0.2, 0.25) is 10.0 Å². The Morgan fingerprint density at radius 1 is 1.00 bits per heavy atom. The summed E-state index contributed by atoms with van der Waals surface area (Å²) in [5.74, 6) is -0.204. The number of aromatic nitrogens is 2. The number of rotatable bonds is 5. The first-order valence-corrected chi connectivity index (χ1v) is 11.4. The minimum absolute atomic E-state index is 0.123. The van der Waals surface area contributed by atoms with Crippen molar-refractivity contribution >= 4 is 21.6 Å². The van der Waals surface area contributed by atoms with Gasteiger partial charge in [0.05, 0.1) is 17.1 Å². The van der Waals surface area contributed by atoms with Crippen LogP contribution in [0.3, 0.4) is 0 Å². The predicted octanol–water partition coefficient (Wildman–Crippen LogP) is 3.36. The number of carbonyl (C=O) groups excluding carboxylic acids is 1. The van der Waals surface area contributed by atoms with Crippen LogP contribution in [0.25, 0.3) is 5.69 Å². The van der Waals surface area contributed by atoms with Crippen LogP contribution in [0.15, 0.2) is 60.8 Å². The molecule has 32 heavy (non-hydrogen) atoms. The summed E-state index contributed by atoms with van der Waals surface area (Å²) in [6, 6.07) is 13.8. The van der Waals surface area contributed by atoms with Crippen molar-refractivity contribution in [3.63, 3.8) is 0 Å². The molecule has 11 heteroatoms. The molecule has 0 aliphatic carbocycles. The number of carbonyl (C=O) groups is 1. The number of amides is 1. The maximum absolute atomic E-state index is 12.7. The molecule has 0 spiro atoms. The van der Waals surface area contributed by atoms with E-state index in [9.17, 15) is 26.4 Å². The van der Waals surface area contributed by atoms with Gasteiger partial charge >= 0.3 is 6.18 Å². The lowest BCUT2D eigenvalue weighted by molar-refractivity contribution is -0.141. The molecule has 3 aromatic rings. The Labute approximate surface area is 182 Å². The van der Waals surface area contributed by atoms with Gasteiger partial charge < -0.3 is 5.32 Å². The number of hydrogen-bond acceptors (Lipinski definition) is 4. The molecule has 1 amide bonds. The Morgan fingerprint density at radius 3 is 2.22 bits per heavy atom. The first-order valence-electron chi connectivity index (χ1n) is 9.74. The minimum atomic E-state index is -4.50. The molecule has 0 radical (unpaired) electrons. The van der Waals surface area contributed by atoms with E-state index in [1.54, 1.807) is 48.5 Å². The normalized spacial score (nSPS) is 15.7. The van der Waals surface area contributed by atoms with Gasteiger partial charge in [0, 0.05) is 24.8 Å². The van der Waals surface area contributed by atoms with Gasteiger partial charge in [-0.05, 0) is 54.4 Å². The fourth-order valence-electron chi connectivity index (χ4n) is 3.38. The summed E-state index contributed by atoms with van der Waals surface area (Å²) in [5, 5.41) is 6.28. The van der Waals surface area contributed by atoms with Crippen molar-refractivity contribution in [3.8, 4) is 5.69 Å². The third-order valence-corrected chi connectivity index (χ3v) is 6.92. The number of nitrogens with one attached hydrogen (secondary N) is 1. The highest BCUT2D eigenvalue weighted by Gasteiger charge is 2.33. The van der Waals surface area contributed by atoms with Crippen LogP contribution in [-0.2, 0) is 22.7 Å². The van der Waals surface area contributed by atoms with Crippen LogP contribution in [0.5, 0.6) is 0 Å². The highest BCUT2D eigenvalue weighted by Crippen LogP contribution is 2.28. The molecule has 0 atom stereocenters. The highest BCUT2D eigenvalue weighted by atomic mass is 32.2. The second-order valence-corrected chi connectivity index (χ2v) is 9.29. The Bertz CT molecular complexity index is 1220. The van der Waals surface area contributed by atoms with Crippen LogP contribution in [0, 0.1) is 0 Å². The Balaban J connectivity index is 1.36. The van der Waals surface area contributed by atoms with Crippen molar-refractivity contribution in [3.05, 3.63) is 77.6 Å². The average molecular weight is 464 g/mol. The molecule has 1 aliphatic rings. The van der Waals surface area contributed by atoms with Gasteiger partial charge in [-0.15, -0.1) is 0 Å². The number of sulfonamides is 1. The van der Waals surface area contributed by atoms with E-state index in [0.29, 0.717) is 29.9 Å². The molecule has 7 nitrogen and oxygen atoms in total. The van der Waals surface area contributed by atoms with Crippen molar-refractivity contribution in [1.29, 1.82) is 0 Å². The summed E-state index contributed by atoms with van der Waals surface area (Å²) in [7, 11) is -3.28. The van der Waals surface area contributed by atoms with Gasteiger partial charge in [0.25, 0.3) is 5.91 Å². The van der Waals surface area contributed by atoms with Crippen molar-refractivity contribution in [2.24, 2.45) is 0 Å². The summed E-state index contributed by atoms with van der Waals surface area (Å²) in [4.78, 5) is 12.4.